The summed E-state index contributed by atoms with van der Waals surface area (Å²) in [6.45, 7) is -0.516. The highest BCUT2D eigenvalue weighted by atomic mass is 32.2. The average Bonchev–Trinajstić information content (AvgIpc) is 3.34. The van der Waals surface area contributed by atoms with E-state index in [1.54, 1.807) is 0 Å². The van der Waals surface area contributed by atoms with Crippen molar-refractivity contribution in [1.29, 1.82) is 0 Å². The van der Waals surface area contributed by atoms with Crippen LogP contribution in [0.1, 0.15) is 59.1 Å². The smallest absolute Gasteiger partial charge is 0.449 e. The Morgan fingerprint density at radius 1 is 1.10 bits per heavy atom. The second-order valence-electron chi connectivity index (χ2n) is 10.8. The van der Waals surface area contributed by atoms with Gasteiger partial charge in [-0.15, -0.1) is 11.3 Å². The number of carboxylic acids is 1. The number of primary sulfonamides is 1. The standard InChI is InChI=1S/C30H23F5N4O6S2.CH4/c31-20-6-4-17(12-24(20)44-13-18-5-8-26(45-18)30(33,34)35)27-19(9-16-3-7-25(21(32)10-16)47(36,42)43)23(11-15-1-2-15)39(38-27)29-37-22(14-46-29)28(40)41;/h3-8,10,12,14-15H,1-2,9,11,13H2,(H,40,41)(H2,36,42,43);1H4. The van der Waals surface area contributed by atoms with Gasteiger partial charge in [-0.2, -0.15) is 18.3 Å². The van der Waals surface area contributed by atoms with E-state index in [9.17, 15) is 40.3 Å². The van der Waals surface area contributed by atoms with Crippen molar-refractivity contribution >= 4 is 27.3 Å². The molecular formula is C31H27F5N4O6S2. The molecular weight excluding hydrogens is 683 g/mol. The van der Waals surface area contributed by atoms with Crippen LogP contribution in [0.2, 0.25) is 0 Å². The number of alkyl halides is 3. The van der Waals surface area contributed by atoms with Crippen LogP contribution in [-0.2, 0) is 35.6 Å². The van der Waals surface area contributed by atoms with E-state index in [1.807, 2.05) is 0 Å². The van der Waals surface area contributed by atoms with Gasteiger partial charge in [0.25, 0.3) is 0 Å². The summed E-state index contributed by atoms with van der Waals surface area (Å²) >= 11 is 1.03. The molecule has 3 aromatic heterocycles. The highest BCUT2D eigenvalue weighted by Crippen LogP contribution is 2.39. The molecule has 3 N–H and O–H groups in total. The maximum Gasteiger partial charge on any atom is 0.449 e. The summed E-state index contributed by atoms with van der Waals surface area (Å²) in [7, 11) is -4.33. The number of carbonyl (C=O) groups is 1. The van der Waals surface area contributed by atoms with Gasteiger partial charge in [-0.3, -0.25) is 0 Å². The summed E-state index contributed by atoms with van der Waals surface area (Å²) in [5, 5.41) is 20.9. The lowest BCUT2D eigenvalue weighted by Crippen LogP contribution is -2.14. The minimum Gasteiger partial charge on any atom is -0.483 e. The minimum absolute atomic E-state index is 0. The van der Waals surface area contributed by atoms with E-state index in [0.29, 0.717) is 28.8 Å². The summed E-state index contributed by atoms with van der Waals surface area (Å²) in [6, 6.07) is 9.07. The highest BCUT2D eigenvalue weighted by molar-refractivity contribution is 7.89. The number of ether oxygens (including phenoxy) is 1. The van der Waals surface area contributed by atoms with Gasteiger partial charge in [0.2, 0.25) is 20.9 Å². The van der Waals surface area contributed by atoms with Crippen LogP contribution in [0.4, 0.5) is 22.0 Å². The van der Waals surface area contributed by atoms with Crippen LogP contribution < -0.4 is 9.88 Å². The van der Waals surface area contributed by atoms with Crippen molar-refractivity contribution in [3.8, 4) is 22.1 Å². The lowest BCUT2D eigenvalue weighted by molar-refractivity contribution is -0.153. The molecule has 0 radical (unpaired) electrons. The zero-order valence-electron chi connectivity index (χ0n) is 23.9. The molecule has 0 atom stereocenters. The molecule has 1 aliphatic rings. The number of rotatable bonds is 11. The Kier molecular flexibility index (Phi) is 9.49. The van der Waals surface area contributed by atoms with Gasteiger partial charge in [0, 0.05) is 22.9 Å². The second-order valence-corrected chi connectivity index (χ2v) is 13.2. The van der Waals surface area contributed by atoms with Crippen LogP contribution >= 0.6 is 11.3 Å². The third kappa shape index (κ3) is 7.42. The van der Waals surface area contributed by atoms with Crippen LogP contribution in [0.5, 0.6) is 5.75 Å². The summed E-state index contributed by atoms with van der Waals surface area (Å²) in [5.74, 6) is -4.58. The zero-order chi connectivity index (χ0) is 33.7. The third-order valence-corrected chi connectivity index (χ3v) is 9.12. The highest BCUT2D eigenvalue weighted by Gasteiger charge is 2.35. The summed E-state index contributed by atoms with van der Waals surface area (Å²) in [4.78, 5) is 15.1. The van der Waals surface area contributed by atoms with E-state index < -0.39 is 51.1 Å². The average molecular weight is 711 g/mol. The monoisotopic (exact) mass is 710 g/mol. The fourth-order valence-electron chi connectivity index (χ4n) is 4.93. The zero-order valence-corrected chi connectivity index (χ0v) is 25.6. The molecule has 6 rings (SSSR count). The maximum absolute atomic E-state index is 14.9. The number of aromatic nitrogens is 3. The normalized spacial score (nSPS) is 13.4. The summed E-state index contributed by atoms with van der Waals surface area (Å²) in [6.07, 6.45) is -2.34. The van der Waals surface area contributed by atoms with Gasteiger partial charge in [0.05, 0.1) is 11.4 Å². The van der Waals surface area contributed by atoms with Gasteiger partial charge in [-0.05, 0) is 73.2 Å². The number of halogens is 5. The van der Waals surface area contributed by atoms with Gasteiger partial charge in [0.1, 0.15) is 23.1 Å². The predicted octanol–water partition coefficient (Wildman–Crippen LogP) is 6.99. The molecule has 254 valence electrons. The lowest BCUT2D eigenvalue weighted by Gasteiger charge is -2.11. The number of carboxylic acid groups (broad SMARTS) is 1. The Morgan fingerprint density at radius 3 is 2.46 bits per heavy atom. The topological polar surface area (TPSA) is 151 Å². The summed E-state index contributed by atoms with van der Waals surface area (Å²) < 4.78 is 104. The second kappa shape index (κ2) is 13.1. The Hall–Kier alpha value is -4.61. The first-order valence-electron chi connectivity index (χ1n) is 13.9. The fourth-order valence-corrected chi connectivity index (χ4v) is 6.29. The molecule has 0 aliphatic heterocycles. The van der Waals surface area contributed by atoms with E-state index >= 15 is 0 Å². The number of aromatic carboxylic acids is 1. The van der Waals surface area contributed by atoms with Crippen LogP contribution in [0.3, 0.4) is 0 Å². The van der Waals surface area contributed by atoms with Crippen molar-refractivity contribution in [2.24, 2.45) is 11.1 Å². The van der Waals surface area contributed by atoms with Crippen molar-refractivity contribution in [2.45, 2.75) is 50.8 Å². The van der Waals surface area contributed by atoms with Crippen LogP contribution in [0.15, 0.2) is 63.2 Å². The number of hydrogen-bond donors (Lipinski definition) is 2. The van der Waals surface area contributed by atoms with Crippen molar-refractivity contribution < 1.29 is 49.4 Å². The number of benzene rings is 2. The van der Waals surface area contributed by atoms with Crippen molar-refractivity contribution in [3.63, 3.8) is 0 Å². The number of nitrogens with zero attached hydrogens (tertiary/aromatic N) is 3. The maximum atomic E-state index is 14.9. The Balaban J connectivity index is 0.00000451. The molecule has 0 spiro atoms. The number of thiazole rings is 1. The van der Waals surface area contributed by atoms with E-state index in [4.69, 9.17) is 19.4 Å². The SMILES string of the molecule is C.NS(=O)(=O)c1ccc(Cc2c(-c3ccc(F)c(OCc4ccc(C(F)(F)F)o4)c3)nn(-c3nc(C(=O)O)cs3)c2CC2CC2)cc1F. The molecule has 10 nitrogen and oxygen atoms in total. The van der Waals surface area contributed by atoms with E-state index in [2.05, 4.69) is 4.98 Å². The van der Waals surface area contributed by atoms with Gasteiger partial charge >= 0.3 is 12.1 Å². The molecule has 0 saturated heterocycles. The van der Waals surface area contributed by atoms with Gasteiger partial charge < -0.3 is 14.3 Å². The lowest BCUT2D eigenvalue weighted by atomic mass is 9.96. The van der Waals surface area contributed by atoms with Crippen molar-refractivity contribution in [1.82, 2.24) is 14.8 Å². The number of nitrogens with two attached hydrogens (primary N) is 1. The van der Waals surface area contributed by atoms with Crippen LogP contribution in [-0.4, -0.2) is 34.3 Å². The first-order valence-corrected chi connectivity index (χ1v) is 16.3. The van der Waals surface area contributed by atoms with Crippen LogP contribution in [0, 0.1) is 17.6 Å². The molecule has 17 heteroatoms. The van der Waals surface area contributed by atoms with E-state index in [-0.39, 0.29) is 47.8 Å². The van der Waals surface area contributed by atoms with Gasteiger partial charge in [-0.25, -0.2) is 36.8 Å². The largest absolute Gasteiger partial charge is 0.483 e. The minimum atomic E-state index is -4.71. The molecule has 1 saturated carbocycles. The molecule has 0 bridgehead atoms. The predicted molar refractivity (Wildman–Crippen MR) is 163 cm³/mol. The van der Waals surface area contributed by atoms with Gasteiger partial charge in [-0.1, -0.05) is 13.5 Å². The molecule has 0 amide bonds. The first-order chi connectivity index (χ1) is 22.2. The molecule has 48 heavy (non-hydrogen) atoms. The molecule has 1 fully saturated rings. The van der Waals surface area contributed by atoms with Crippen molar-refractivity contribution in [2.75, 3.05) is 0 Å². The van der Waals surface area contributed by atoms with E-state index in [0.717, 1.165) is 54.5 Å². The molecule has 5 aromatic rings. The van der Waals surface area contributed by atoms with Crippen LogP contribution in [0.25, 0.3) is 16.4 Å². The quantitative estimate of drug-likeness (QED) is 0.139. The Morgan fingerprint density at radius 2 is 1.85 bits per heavy atom. The Labute approximate surface area is 274 Å². The van der Waals surface area contributed by atoms with Crippen molar-refractivity contribution in [3.05, 3.63) is 99.6 Å². The Bertz CT molecular complexity index is 2100. The number of hydrogen-bond acceptors (Lipinski definition) is 8. The fraction of sp³-hybridized carbons (Fsp3) is 0.258. The molecule has 0 unspecified atom stereocenters. The molecule has 2 aromatic carbocycles. The summed E-state index contributed by atoms with van der Waals surface area (Å²) in [5.41, 5.74) is 1.93. The van der Waals surface area contributed by atoms with Gasteiger partial charge in [0.15, 0.2) is 17.3 Å². The number of furan rings is 1. The first kappa shape index (κ1) is 34.7. The number of sulfonamides is 1. The molecule has 1 aliphatic carbocycles. The third-order valence-electron chi connectivity index (χ3n) is 7.36. The van der Waals surface area contributed by atoms with E-state index in [1.165, 1.54) is 28.3 Å². The molecule has 3 heterocycles.